The molecular formula is C11H27N3. The minimum Gasteiger partial charge on any atom is -0.313 e. The molecule has 1 atom stereocenters. The average Bonchev–Trinajstić information content (AvgIpc) is 2.11. The Morgan fingerprint density at radius 3 is 2.29 bits per heavy atom. The lowest BCUT2D eigenvalue weighted by molar-refractivity contribution is 0.261. The SMILES string of the molecule is CCCNC(C)CN(C)CCN(C)C. The van der Waals surface area contributed by atoms with Crippen molar-refractivity contribution in [1.82, 2.24) is 15.1 Å². The van der Waals surface area contributed by atoms with E-state index in [1.165, 1.54) is 6.42 Å². The van der Waals surface area contributed by atoms with Crippen molar-refractivity contribution in [3.05, 3.63) is 0 Å². The second kappa shape index (κ2) is 8.21. The van der Waals surface area contributed by atoms with Gasteiger partial charge >= 0.3 is 0 Å². The Morgan fingerprint density at radius 2 is 1.79 bits per heavy atom. The van der Waals surface area contributed by atoms with E-state index in [0.29, 0.717) is 6.04 Å². The van der Waals surface area contributed by atoms with Crippen molar-refractivity contribution in [3.63, 3.8) is 0 Å². The Labute approximate surface area is 89.5 Å². The molecule has 0 saturated carbocycles. The van der Waals surface area contributed by atoms with E-state index in [0.717, 1.165) is 26.2 Å². The monoisotopic (exact) mass is 201 g/mol. The molecule has 0 heterocycles. The fourth-order valence-electron chi connectivity index (χ4n) is 1.38. The predicted octanol–water partition coefficient (Wildman–Crippen LogP) is 0.868. The van der Waals surface area contributed by atoms with Gasteiger partial charge < -0.3 is 15.1 Å². The van der Waals surface area contributed by atoms with Crippen molar-refractivity contribution in [1.29, 1.82) is 0 Å². The Kier molecular flexibility index (Phi) is 8.14. The molecular weight excluding hydrogens is 174 g/mol. The predicted molar refractivity (Wildman–Crippen MR) is 63.8 cm³/mol. The fourth-order valence-corrected chi connectivity index (χ4v) is 1.38. The number of likely N-dealkylation sites (N-methyl/N-ethyl adjacent to an activating group) is 2. The van der Waals surface area contributed by atoms with Crippen LogP contribution in [0.2, 0.25) is 0 Å². The zero-order valence-electron chi connectivity index (χ0n) is 10.5. The van der Waals surface area contributed by atoms with Gasteiger partial charge in [0.25, 0.3) is 0 Å². The summed E-state index contributed by atoms with van der Waals surface area (Å²) in [6.45, 7) is 9.00. The Hall–Kier alpha value is -0.120. The maximum absolute atomic E-state index is 3.50. The van der Waals surface area contributed by atoms with Crippen molar-refractivity contribution in [2.24, 2.45) is 0 Å². The van der Waals surface area contributed by atoms with E-state index in [1.807, 2.05) is 0 Å². The molecule has 0 aromatic rings. The van der Waals surface area contributed by atoms with Crippen LogP contribution in [-0.2, 0) is 0 Å². The normalized spacial score (nSPS) is 13.9. The first-order valence-corrected chi connectivity index (χ1v) is 5.63. The summed E-state index contributed by atoms with van der Waals surface area (Å²) in [5, 5.41) is 3.50. The van der Waals surface area contributed by atoms with Crippen LogP contribution in [0.3, 0.4) is 0 Å². The molecule has 0 saturated heterocycles. The molecule has 0 aliphatic carbocycles. The molecule has 0 spiro atoms. The smallest absolute Gasteiger partial charge is 0.0166 e. The summed E-state index contributed by atoms with van der Waals surface area (Å²) in [5.74, 6) is 0. The van der Waals surface area contributed by atoms with Crippen LogP contribution in [-0.4, -0.2) is 63.2 Å². The molecule has 0 aliphatic rings. The third kappa shape index (κ3) is 8.48. The van der Waals surface area contributed by atoms with Gasteiger partial charge in [0, 0.05) is 25.7 Å². The van der Waals surface area contributed by atoms with E-state index in [-0.39, 0.29) is 0 Å². The Bertz CT molecular complexity index is 126. The molecule has 1 N–H and O–H groups in total. The van der Waals surface area contributed by atoms with E-state index in [9.17, 15) is 0 Å². The van der Waals surface area contributed by atoms with Crippen molar-refractivity contribution in [2.75, 3.05) is 47.3 Å². The maximum Gasteiger partial charge on any atom is 0.0166 e. The highest BCUT2D eigenvalue weighted by Gasteiger charge is 2.04. The zero-order valence-corrected chi connectivity index (χ0v) is 10.5. The molecule has 0 bridgehead atoms. The molecule has 0 aromatic heterocycles. The molecule has 1 unspecified atom stereocenters. The van der Waals surface area contributed by atoms with Crippen LogP contribution in [0.15, 0.2) is 0 Å². The molecule has 0 aliphatic heterocycles. The number of nitrogens with zero attached hydrogens (tertiary/aromatic N) is 2. The van der Waals surface area contributed by atoms with Gasteiger partial charge in [0.15, 0.2) is 0 Å². The molecule has 3 nitrogen and oxygen atoms in total. The molecule has 0 rings (SSSR count). The summed E-state index contributed by atoms with van der Waals surface area (Å²) in [7, 11) is 6.42. The van der Waals surface area contributed by atoms with Crippen molar-refractivity contribution < 1.29 is 0 Å². The van der Waals surface area contributed by atoms with E-state index in [1.54, 1.807) is 0 Å². The van der Waals surface area contributed by atoms with Gasteiger partial charge in [-0.25, -0.2) is 0 Å². The number of hydrogen-bond acceptors (Lipinski definition) is 3. The van der Waals surface area contributed by atoms with Gasteiger partial charge in [-0.15, -0.1) is 0 Å². The lowest BCUT2D eigenvalue weighted by Gasteiger charge is -2.23. The molecule has 0 aromatic carbocycles. The van der Waals surface area contributed by atoms with Crippen LogP contribution < -0.4 is 5.32 Å². The lowest BCUT2D eigenvalue weighted by atomic mass is 10.3. The molecule has 14 heavy (non-hydrogen) atoms. The van der Waals surface area contributed by atoms with Crippen molar-refractivity contribution in [2.45, 2.75) is 26.3 Å². The van der Waals surface area contributed by atoms with Crippen LogP contribution in [0.1, 0.15) is 20.3 Å². The fraction of sp³-hybridized carbons (Fsp3) is 1.00. The van der Waals surface area contributed by atoms with E-state index in [2.05, 4.69) is 50.1 Å². The minimum absolute atomic E-state index is 0.599. The van der Waals surface area contributed by atoms with Gasteiger partial charge in [-0.1, -0.05) is 6.92 Å². The minimum atomic E-state index is 0.599. The number of nitrogens with one attached hydrogen (secondary N) is 1. The van der Waals surface area contributed by atoms with Gasteiger partial charge in [-0.3, -0.25) is 0 Å². The Morgan fingerprint density at radius 1 is 1.14 bits per heavy atom. The van der Waals surface area contributed by atoms with Gasteiger partial charge in [0.05, 0.1) is 0 Å². The topological polar surface area (TPSA) is 18.5 Å². The second-order valence-electron chi connectivity index (χ2n) is 4.42. The van der Waals surface area contributed by atoms with Crippen LogP contribution in [0.4, 0.5) is 0 Å². The second-order valence-corrected chi connectivity index (χ2v) is 4.42. The van der Waals surface area contributed by atoms with E-state index in [4.69, 9.17) is 0 Å². The first kappa shape index (κ1) is 13.9. The molecule has 3 heteroatoms. The molecule has 0 amide bonds. The summed E-state index contributed by atoms with van der Waals surface area (Å²) in [4.78, 5) is 4.61. The molecule has 86 valence electrons. The third-order valence-corrected chi connectivity index (χ3v) is 2.26. The van der Waals surface area contributed by atoms with Crippen LogP contribution >= 0.6 is 0 Å². The molecule has 0 fully saturated rings. The molecule has 0 radical (unpaired) electrons. The highest BCUT2D eigenvalue weighted by molar-refractivity contribution is 4.65. The Balaban J connectivity index is 3.44. The van der Waals surface area contributed by atoms with Gasteiger partial charge in [-0.2, -0.15) is 0 Å². The highest BCUT2D eigenvalue weighted by Crippen LogP contribution is 1.89. The van der Waals surface area contributed by atoms with Crippen LogP contribution in [0.5, 0.6) is 0 Å². The summed E-state index contributed by atoms with van der Waals surface area (Å²) in [5.41, 5.74) is 0. The standard InChI is InChI=1S/C11H27N3/c1-6-7-12-11(2)10-14(5)9-8-13(3)4/h11-12H,6-10H2,1-5H3. The quantitative estimate of drug-likeness (QED) is 0.628. The van der Waals surface area contributed by atoms with Gasteiger partial charge in [0.2, 0.25) is 0 Å². The lowest BCUT2D eigenvalue weighted by Crippen LogP contribution is -2.40. The third-order valence-electron chi connectivity index (χ3n) is 2.26. The van der Waals surface area contributed by atoms with Crippen LogP contribution in [0.25, 0.3) is 0 Å². The zero-order chi connectivity index (χ0) is 11.0. The van der Waals surface area contributed by atoms with Gasteiger partial charge in [0.1, 0.15) is 0 Å². The van der Waals surface area contributed by atoms with E-state index >= 15 is 0 Å². The van der Waals surface area contributed by atoms with Crippen molar-refractivity contribution in [3.8, 4) is 0 Å². The van der Waals surface area contributed by atoms with Crippen LogP contribution in [0, 0.1) is 0 Å². The first-order valence-electron chi connectivity index (χ1n) is 5.63. The maximum atomic E-state index is 3.50. The summed E-state index contributed by atoms with van der Waals surface area (Å²) >= 11 is 0. The first-order chi connectivity index (χ1) is 6.56. The summed E-state index contributed by atoms with van der Waals surface area (Å²) < 4.78 is 0. The number of hydrogen-bond donors (Lipinski definition) is 1. The largest absolute Gasteiger partial charge is 0.313 e. The number of rotatable bonds is 8. The summed E-state index contributed by atoms with van der Waals surface area (Å²) in [6.07, 6.45) is 1.21. The average molecular weight is 201 g/mol. The van der Waals surface area contributed by atoms with E-state index < -0.39 is 0 Å². The summed E-state index contributed by atoms with van der Waals surface area (Å²) in [6, 6.07) is 0.599. The van der Waals surface area contributed by atoms with Gasteiger partial charge in [-0.05, 0) is 41.0 Å². The highest BCUT2D eigenvalue weighted by atomic mass is 15.2. The van der Waals surface area contributed by atoms with Crippen molar-refractivity contribution >= 4 is 0 Å².